The lowest BCUT2D eigenvalue weighted by Crippen LogP contribution is -2.22. The zero-order valence-corrected chi connectivity index (χ0v) is 9.86. The van der Waals surface area contributed by atoms with Gasteiger partial charge in [-0.25, -0.2) is 4.98 Å². The lowest BCUT2D eigenvalue weighted by molar-refractivity contribution is 0.693. The summed E-state index contributed by atoms with van der Waals surface area (Å²) in [5, 5.41) is 0. The summed E-state index contributed by atoms with van der Waals surface area (Å²) >= 11 is 1.68. The lowest BCUT2D eigenvalue weighted by Gasteiger charge is -2.20. The average molecular weight is 212 g/mol. The van der Waals surface area contributed by atoms with E-state index in [-0.39, 0.29) is 10.3 Å². The van der Waals surface area contributed by atoms with Crippen molar-refractivity contribution in [1.82, 2.24) is 9.97 Å². The van der Waals surface area contributed by atoms with Crippen LogP contribution in [0.2, 0.25) is 0 Å². The molecule has 0 aliphatic rings. The Bertz CT molecular complexity index is 371. The summed E-state index contributed by atoms with van der Waals surface area (Å²) < 4.78 is -0.135. The first-order chi connectivity index (χ1) is 6.49. The molecule has 0 spiro atoms. The zero-order chi connectivity index (χ0) is 10.8. The summed E-state index contributed by atoms with van der Waals surface area (Å²) in [6.45, 7) is 6.10. The van der Waals surface area contributed by atoms with Crippen LogP contribution in [-0.4, -0.2) is 16.2 Å². The van der Waals surface area contributed by atoms with Crippen molar-refractivity contribution in [3.63, 3.8) is 0 Å². The number of thioether (sulfide) groups is 1. The number of nitrogens with zero attached hydrogens (tertiary/aromatic N) is 1. The first kappa shape index (κ1) is 11.3. The quantitative estimate of drug-likeness (QED) is 0.832. The Balaban J connectivity index is 3.22. The maximum atomic E-state index is 11.3. The number of hydrogen-bond acceptors (Lipinski definition) is 3. The van der Waals surface area contributed by atoms with Gasteiger partial charge in [0.1, 0.15) is 5.82 Å². The highest BCUT2D eigenvalue weighted by atomic mass is 32.2. The van der Waals surface area contributed by atoms with E-state index in [9.17, 15) is 4.79 Å². The number of rotatable bonds is 3. The van der Waals surface area contributed by atoms with Crippen LogP contribution in [-0.2, 0) is 11.2 Å². The molecule has 0 saturated carbocycles. The number of aryl methyl sites for hydroxylation is 1. The number of nitrogens with one attached hydrogen (secondary N) is 1. The molecule has 0 aromatic carbocycles. The van der Waals surface area contributed by atoms with E-state index in [0.717, 1.165) is 17.9 Å². The van der Waals surface area contributed by atoms with Crippen molar-refractivity contribution in [2.24, 2.45) is 0 Å². The lowest BCUT2D eigenvalue weighted by atomic mass is 10.2. The smallest absolute Gasteiger partial charge is 0.251 e. The predicted molar refractivity (Wildman–Crippen MR) is 60.8 cm³/mol. The Morgan fingerprint density at radius 3 is 2.71 bits per heavy atom. The summed E-state index contributed by atoms with van der Waals surface area (Å²) in [4.78, 5) is 18.5. The van der Waals surface area contributed by atoms with E-state index in [1.807, 2.05) is 13.2 Å². The van der Waals surface area contributed by atoms with Crippen molar-refractivity contribution in [2.45, 2.75) is 31.9 Å². The van der Waals surface area contributed by atoms with Gasteiger partial charge in [0, 0.05) is 11.8 Å². The molecular weight excluding hydrogens is 196 g/mol. The molecule has 14 heavy (non-hydrogen) atoms. The molecule has 78 valence electrons. The molecule has 0 unspecified atom stereocenters. The number of aromatic nitrogens is 2. The molecule has 0 fully saturated rings. The Labute approximate surface area is 88.3 Å². The Morgan fingerprint density at radius 2 is 2.21 bits per heavy atom. The maximum Gasteiger partial charge on any atom is 0.251 e. The summed E-state index contributed by atoms with van der Waals surface area (Å²) in [6.07, 6.45) is 2.81. The maximum absolute atomic E-state index is 11.3. The van der Waals surface area contributed by atoms with Crippen LogP contribution in [0.4, 0.5) is 0 Å². The van der Waals surface area contributed by atoms with Gasteiger partial charge in [-0.05, 0) is 26.5 Å². The minimum atomic E-state index is -0.135. The normalized spacial score (nSPS) is 11.7. The topological polar surface area (TPSA) is 45.8 Å². The predicted octanol–water partition coefficient (Wildman–Crippen LogP) is 1.93. The van der Waals surface area contributed by atoms with Crippen molar-refractivity contribution in [3.8, 4) is 0 Å². The SMILES string of the molecule is CCc1cc(=O)[nH]c(C(C)(C)SC)n1. The minimum Gasteiger partial charge on any atom is -0.309 e. The van der Waals surface area contributed by atoms with Gasteiger partial charge >= 0.3 is 0 Å². The number of hydrogen-bond donors (Lipinski definition) is 1. The van der Waals surface area contributed by atoms with E-state index >= 15 is 0 Å². The highest BCUT2D eigenvalue weighted by Gasteiger charge is 2.22. The van der Waals surface area contributed by atoms with Gasteiger partial charge in [0.15, 0.2) is 0 Å². The fourth-order valence-corrected chi connectivity index (χ4v) is 1.36. The molecule has 1 heterocycles. The van der Waals surface area contributed by atoms with E-state index in [1.54, 1.807) is 17.8 Å². The molecule has 1 rings (SSSR count). The van der Waals surface area contributed by atoms with E-state index < -0.39 is 0 Å². The third-order valence-corrected chi connectivity index (χ3v) is 3.45. The summed E-state index contributed by atoms with van der Waals surface area (Å²) in [6, 6.07) is 1.56. The second-order valence-corrected chi connectivity index (χ2v) is 5.08. The summed E-state index contributed by atoms with van der Waals surface area (Å²) in [5.74, 6) is 0.759. The molecule has 0 atom stereocenters. The van der Waals surface area contributed by atoms with Crippen LogP contribution in [0.3, 0.4) is 0 Å². The minimum absolute atomic E-state index is 0.0611. The fraction of sp³-hybridized carbons (Fsp3) is 0.600. The molecule has 0 amide bonds. The van der Waals surface area contributed by atoms with Crippen LogP contribution < -0.4 is 5.56 Å². The van der Waals surface area contributed by atoms with Gasteiger partial charge < -0.3 is 4.98 Å². The van der Waals surface area contributed by atoms with Crippen molar-refractivity contribution in [3.05, 3.63) is 27.9 Å². The highest BCUT2D eigenvalue weighted by molar-refractivity contribution is 7.99. The first-order valence-corrected chi connectivity index (χ1v) is 5.88. The van der Waals surface area contributed by atoms with Crippen LogP contribution in [0.25, 0.3) is 0 Å². The van der Waals surface area contributed by atoms with Crippen LogP contribution in [0.15, 0.2) is 10.9 Å². The molecule has 1 aromatic heterocycles. The van der Waals surface area contributed by atoms with E-state index in [1.165, 1.54) is 0 Å². The molecule has 0 radical (unpaired) electrons. The third kappa shape index (κ3) is 2.38. The first-order valence-electron chi connectivity index (χ1n) is 4.65. The zero-order valence-electron chi connectivity index (χ0n) is 9.05. The fourth-order valence-electron chi connectivity index (χ4n) is 1.07. The largest absolute Gasteiger partial charge is 0.309 e. The molecule has 3 nitrogen and oxygen atoms in total. The van der Waals surface area contributed by atoms with Gasteiger partial charge in [-0.1, -0.05) is 6.92 Å². The summed E-state index contributed by atoms with van der Waals surface area (Å²) in [5.41, 5.74) is 0.792. The third-order valence-electron chi connectivity index (χ3n) is 2.24. The van der Waals surface area contributed by atoms with E-state index in [4.69, 9.17) is 0 Å². The molecule has 1 aromatic rings. The van der Waals surface area contributed by atoms with Crippen LogP contribution in [0.5, 0.6) is 0 Å². The van der Waals surface area contributed by atoms with Gasteiger partial charge in [0.05, 0.1) is 4.75 Å². The molecule has 0 saturated heterocycles. The van der Waals surface area contributed by atoms with Crippen molar-refractivity contribution in [1.29, 1.82) is 0 Å². The Hall–Kier alpha value is -0.770. The van der Waals surface area contributed by atoms with Crippen LogP contribution in [0, 0.1) is 0 Å². The summed E-state index contributed by atoms with van der Waals surface area (Å²) in [7, 11) is 0. The van der Waals surface area contributed by atoms with Crippen molar-refractivity contribution < 1.29 is 0 Å². The molecule has 0 aliphatic carbocycles. The van der Waals surface area contributed by atoms with Crippen molar-refractivity contribution >= 4 is 11.8 Å². The molecule has 0 bridgehead atoms. The van der Waals surface area contributed by atoms with Gasteiger partial charge in [-0.3, -0.25) is 4.79 Å². The second kappa shape index (κ2) is 4.17. The van der Waals surface area contributed by atoms with Gasteiger partial charge in [0.2, 0.25) is 0 Å². The standard InChI is InChI=1S/C10H16N2OS/c1-5-7-6-8(13)12-9(11-7)10(2,3)14-4/h6H,5H2,1-4H3,(H,11,12,13). The molecule has 4 heteroatoms. The van der Waals surface area contributed by atoms with Crippen molar-refractivity contribution in [2.75, 3.05) is 6.26 Å². The Kier molecular flexibility index (Phi) is 3.37. The van der Waals surface area contributed by atoms with Gasteiger partial charge in [-0.15, -0.1) is 0 Å². The highest BCUT2D eigenvalue weighted by Crippen LogP contribution is 2.30. The average Bonchev–Trinajstić information content (AvgIpc) is 2.16. The van der Waals surface area contributed by atoms with Crippen LogP contribution >= 0.6 is 11.8 Å². The molecular formula is C10H16N2OS. The second-order valence-electron chi connectivity index (χ2n) is 3.65. The van der Waals surface area contributed by atoms with Gasteiger partial charge in [0.25, 0.3) is 5.56 Å². The van der Waals surface area contributed by atoms with E-state index in [2.05, 4.69) is 23.8 Å². The van der Waals surface area contributed by atoms with Gasteiger partial charge in [-0.2, -0.15) is 11.8 Å². The number of H-pyrrole nitrogens is 1. The Morgan fingerprint density at radius 1 is 1.57 bits per heavy atom. The monoisotopic (exact) mass is 212 g/mol. The molecule has 0 aliphatic heterocycles. The number of aromatic amines is 1. The molecule has 1 N–H and O–H groups in total. The van der Waals surface area contributed by atoms with E-state index in [0.29, 0.717) is 0 Å². The van der Waals surface area contributed by atoms with Crippen LogP contribution in [0.1, 0.15) is 32.3 Å².